The number of piperidine rings is 1. The van der Waals surface area contributed by atoms with E-state index < -0.39 is 10.1 Å². The average Bonchev–Trinajstić information content (AvgIpc) is 2.46. The normalized spacial score (nSPS) is 21.0. The summed E-state index contributed by atoms with van der Waals surface area (Å²) in [5.41, 5.74) is 0.680. The Bertz CT molecular complexity index is 624. The zero-order chi connectivity index (χ0) is 16.3. The van der Waals surface area contributed by atoms with Gasteiger partial charge in [-0.2, -0.15) is 8.42 Å². The van der Waals surface area contributed by atoms with Gasteiger partial charge in [-0.05, 0) is 42.5 Å². The second kappa shape index (κ2) is 6.79. The molecular formula is C16H23NO4S. The molecule has 0 aliphatic carbocycles. The minimum Gasteiger partial charge on any atom is -0.312 e. The van der Waals surface area contributed by atoms with Crippen molar-refractivity contribution in [2.75, 3.05) is 11.4 Å². The SMILES string of the molecule is CCCC(C)C1CCN(c2ccc(S(=O)(=O)O)cc2)C(=O)C1. The molecule has 2 unspecified atom stereocenters. The van der Waals surface area contributed by atoms with E-state index in [1.54, 1.807) is 17.0 Å². The first kappa shape index (κ1) is 17.0. The predicted molar refractivity (Wildman–Crippen MR) is 85.4 cm³/mol. The average molecular weight is 325 g/mol. The van der Waals surface area contributed by atoms with Crippen LogP contribution in [0.25, 0.3) is 0 Å². The summed E-state index contributed by atoms with van der Waals surface area (Å²) in [6, 6.07) is 5.78. The lowest BCUT2D eigenvalue weighted by Crippen LogP contribution is -2.40. The van der Waals surface area contributed by atoms with Crippen molar-refractivity contribution in [3.8, 4) is 0 Å². The van der Waals surface area contributed by atoms with E-state index in [0.29, 0.717) is 30.5 Å². The number of carbonyl (C=O) groups is 1. The van der Waals surface area contributed by atoms with E-state index >= 15 is 0 Å². The summed E-state index contributed by atoms with van der Waals surface area (Å²) < 4.78 is 31.1. The molecule has 1 aromatic carbocycles. The molecule has 1 aromatic rings. The molecule has 122 valence electrons. The Hall–Kier alpha value is -1.40. The maximum atomic E-state index is 12.4. The van der Waals surface area contributed by atoms with Gasteiger partial charge in [-0.1, -0.05) is 26.7 Å². The lowest BCUT2D eigenvalue weighted by Gasteiger charge is -2.34. The standard InChI is InChI=1S/C16H23NO4S/c1-3-4-12(2)13-9-10-17(16(18)11-13)14-5-7-15(8-6-14)22(19,20)21/h5-8,12-13H,3-4,9-11H2,1-2H3,(H,19,20,21). The van der Waals surface area contributed by atoms with Crippen LogP contribution in [0.5, 0.6) is 0 Å². The minimum absolute atomic E-state index is 0.0822. The molecule has 1 saturated heterocycles. The molecule has 22 heavy (non-hydrogen) atoms. The molecular weight excluding hydrogens is 302 g/mol. The van der Waals surface area contributed by atoms with Crippen molar-refractivity contribution in [2.24, 2.45) is 11.8 Å². The number of amides is 1. The predicted octanol–water partition coefficient (Wildman–Crippen LogP) is 3.11. The van der Waals surface area contributed by atoms with Crippen LogP contribution in [0.4, 0.5) is 5.69 Å². The zero-order valence-corrected chi connectivity index (χ0v) is 13.8. The van der Waals surface area contributed by atoms with Gasteiger partial charge < -0.3 is 4.90 Å². The van der Waals surface area contributed by atoms with Crippen LogP contribution < -0.4 is 4.90 Å². The first-order chi connectivity index (χ1) is 10.3. The van der Waals surface area contributed by atoms with Gasteiger partial charge in [0.2, 0.25) is 5.91 Å². The van der Waals surface area contributed by atoms with Crippen LogP contribution in [0, 0.1) is 11.8 Å². The monoisotopic (exact) mass is 325 g/mol. The molecule has 1 N–H and O–H groups in total. The van der Waals surface area contributed by atoms with Crippen LogP contribution in [0.15, 0.2) is 29.2 Å². The molecule has 0 bridgehead atoms. The molecule has 5 nitrogen and oxygen atoms in total. The van der Waals surface area contributed by atoms with E-state index in [2.05, 4.69) is 13.8 Å². The van der Waals surface area contributed by atoms with Gasteiger partial charge in [0, 0.05) is 18.7 Å². The van der Waals surface area contributed by atoms with E-state index in [0.717, 1.165) is 19.3 Å². The van der Waals surface area contributed by atoms with Gasteiger partial charge >= 0.3 is 0 Å². The Balaban J connectivity index is 2.07. The molecule has 1 aliphatic rings. The smallest absolute Gasteiger partial charge is 0.294 e. The first-order valence-electron chi connectivity index (χ1n) is 7.71. The molecule has 0 aromatic heterocycles. The number of benzene rings is 1. The molecule has 2 atom stereocenters. The summed E-state index contributed by atoms with van der Waals surface area (Å²) in [5, 5.41) is 0. The van der Waals surface area contributed by atoms with Crippen LogP contribution in [0.1, 0.15) is 39.5 Å². The summed E-state index contributed by atoms with van der Waals surface area (Å²) >= 11 is 0. The van der Waals surface area contributed by atoms with Gasteiger partial charge in [0.25, 0.3) is 10.1 Å². The van der Waals surface area contributed by atoms with Crippen LogP contribution in [0.2, 0.25) is 0 Å². The fourth-order valence-corrected chi connectivity index (χ4v) is 3.58. The number of hydrogen-bond donors (Lipinski definition) is 1. The third-order valence-corrected chi connectivity index (χ3v) is 5.32. The Morgan fingerprint density at radius 2 is 1.95 bits per heavy atom. The van der Waals surface area contributed by atoms with Gasteiger partial charge in [0.1, 0.15) is 0 Å². The van der Waals surface area contributed by atoms with E-state index in [1.165, 1.54) is 12.1 Å². The molecule has 0 spiro atoms. The van der Waals surface area contributed by atoms with E-state index in [-0.39, 0.29) is 10.8 Å². The lowest BCUT2D eigenvalue weighted by molar-refractivity contribution is -0.121. The highest BCUT2D eigenvalue weighted by Crippen LogP contribution is 2.31. The molecule has 1 amide bonds. The maximum Gasteiger partial charge on any atom is 0.294 e. The Labute approximate surface area is 132 Å². The number of nitrogens with zero attached hydrogens (tertiary/aromatic N) is 1. The summed E-state index contributed by atoms with van der Waals surface area (Å²) in [4.78, 5) is 13.9. The van der Waals surface area contributed by atoms with Crippen molar-refractivity contribution in [3.63, 3.8) is 0 Å². The number of rotatable bonds is 5. The zero-order valence-electron chi connectivity index (χ0n) is 13.0. The molecule has 6 heteroatoms. The van der Waals surface area contributed by atoms with E-state index in [1.807, 2.05) is 0 Å². The highest BCUT2D eigenvalue weighted by atomic mass is 32.2. The number of carbonyl (C=O) groups excluding carboxylic acids is 1. The molecule has 1 heterocycles. The molecule has 1 aliphatic heterocycles. The minimum atomic E-state index is -4.19. The van der Waals surface area contributed by atoms with Crippen LogP contribution in [-0.4, -0.2) is 25.4 Å². The van der Waals surface area contributed by atoms with Crippen LogP contribution >= 0.6 is 0 Å². The fraction of sp³-hybridized carbons (Fsp3) is 0.562. The van der Waals surface area contributed by atoms with Crippen LogP contribution in [-0.2, 0) is 14.9 Å². The summed E-state index contributed by atoms with van der Waals surface area (Å²) in [7, 11) is -4.19. The first-order valence-corrected chi connectivity index (χ1v) is 9.15. The van der Waals surface area contributed by atoms with Crippen molar-refractivity contribution in [2.45, 2.75) is 44.4 Å². The second-order valence-corrected chi connectivity index (χ2v) is 7.45. The van der Waals surface area contributed by atoms with Gasteiger partial charge in [0.05, 0.1) is 4.90 Å². The maximum absolute atomic E-state index is 12.4. The van der Waals surface area contributed by atoms with Gasteiger partial charge in [-0.3, -0.25) is 9.35 Å². The van der Waals surface area contributed by atoms with Crippen molar-refractivity contribution >= 4 is 21.7 Å². The van der Waals surface area contributed by atoms with Crippen molar-refractivity contribution in [1.82, 2.24) is 0 Å². The van der Waals surface area contributed by atoms with Gasteiger partial charge in [0.15, 0.2) is 0 Å². The summed E-state index contributed by atoms with van der Waals surface area (Å²) in [6.45, 7) is 5.02. The largest absolute Gasteiger partial charge is 0.312 e. The van der Waals surface area contributed by atoms with E-state index in [4.69, 9.17) is 4.55 Å². The Morgan fingerprint density at radius 1 is 1.32 bits per heavy atom. The van der Waals surface area contributed by atoms with Gasteiger partial charge in [-0.25, -0.2) is 0 Å². The Morgan fingerprint density at radius 3 is 2.45 bits per heavy atom. The highest BCUT2D eigenvalue weighted by molar-refractivity contribution is 7.85. The molecule has 0 radical (unpaired) electrons. The summed E-state index contributed by atoms with van der Waals surface area (Å²) in [6.07, 6.45) is 3.78. The van der Waals surface area contributed by atoms with Crippen molar-refractivity contribution < 1.29 is 17.8 Å². The quantitative estimate of drug-likeness (QED) is 0.844. The van der Waals surface area contributed by atoms with Gasteiger partial charge in [-0.15, -0.1) is 0 Å². The third-order valence-electron chi connectivity index (χ3n) is 4.46. The molecule has 2 rings (SSSR count). The fourth-order valence-electron chi connectivity index (χ4n) is 3.10. The molecule has 1 fully saturated rings. The number of hydrogen-bond acceptors (Lipinski definition) is 3. The topological polar surface area (TPSA) is 74.7 Å². The third kappa shape index (κ3) is 3.87. The second-order valence-electron chi connectivity index (χ2n) is 6.03. The van der Waals surface area contributed by atoms with E-state index in [9.17, 15) is 13.2 Å². The Kier molecular flexibility index (Phi) is 5.24. The van der Waals surface area contributed by atoms with Crippen molar-refractivity contribution in [1.29, 1.82) is 0 Å². The number of anilines is 1. The highest BCUT2D eigenvalue weighted by Gasteiger charge is 2.29. The van der Waals surface area contributed by atoms with Crippen molar-refractivity contribution in [3.05, 3.63) is 24.3 Å². The molecule has 0 saturated carbocycles. The summed E-state index contributed by atoms with van der Waals surface area (Å²) in [5.74, 6) is 1.07. The van der Waals surface area contributed by atoms with Crippen LogP contribution in [0.3, 0.4) is 0 Å². The lowest BCUT2D eigenvalue weighted by atomic mass is 9.82.